The number of fused-ring (bicyclic) bond motifs is 2. The van der Waals surface area contributed by atoms with Gasteiger partial charge in [0.1, 0.15) is 6.33 Å². The van der Waals surface area contributed by atoms with Gasteiger partial charge < -0.3 is 14.8 Å². The Kier molecular flexibility index (Phi) is 4.19. The molecule has 2 aliphatic rings. The van der Waals surface area contributed by atoms with Gasteiger partial charge in [-0.1, -0.05) is 24.3 Å². The molecule has 0 radical (unpaired) electrons. The van der Waals surface area contributed by atoms with Gasteiger partial charge in [0, 0.05) is 41.0 Å². The fourth-order valence-corrected chi connectivity index (χ4v) is 4.24. The fourth-order valence-electron chi connectivity index (χ4n) is 3.71. The Bertz CT molecular complexity index is 1340. The van der Waals surface area contributed by atoms with Crippen LogP contribution in [0, 0.1) is 0 Å². The highest BCUT2D eigenvalue weighted by molar-refractivity contribution is 9.10. The van der Waals surface area contributed by atoms with E-state index >= 15 is 0 Å². The summed E-state index contributed by atoms with van der Waals surface area (Å²) in [5.74, 6) is -3.19. The van der Waals surface area contributed by atoms with E-state index in [1.165, 1.54) is 26.4 Å². The first-order valence-electron chi connectivity index (χ1n) is 9.31. The smallest absolute Gasteiger partial charge is 0.350 e. The van der Waals surface area contributed by atoms with Crippen molar-refractivity contribution in [3.63, 3.8) is 0 Å². The van der Waals surface area contributed by atoms with E-state index in [2.05, 4.69) is 31.2 Å². The van der Waals surface area contributed by atoms with Gasteiger partial charge in [-0.3, -0.25) is 4.79 Å². The molecule has 154 valence electrons. The van der Waals surface area contributed by atoms with Crippen LogP contribution in [0.15, 0.2) is 52.9 Å². The van der Waals surface area contributed by atoms with Crippen LogP contribution in [0.25, 0.3) is 22.2 Å². The summed E-state index contributed by atoms with van der Waals surface area (Å²) < 4.78 is 10.8. The van der Waals surface area contributed by atoms with E-state index in [0.717, 1.165) is 5.56 Å². The third kappa shape index (κ3) is 3.00. The Morgan fingerprint density at radius 3 is 2.42 bits per heavy atom. The highest BCUT2D eigenvalue weighted by Gasteiger charge is 2.39. The molecule has 31 heavy (non-hydrogen) atoms. The predicted molar refractivity (Wildman–Crippen MR) is 114 cm³/mol. The van der Waals surface area contributed by atoms with Gasteiger partial charge in [0.25, 0.3) is 5.79 Å². The normalized spacial score (nSPS) is 16.5. The Balaban J connectivity index is 1.68. The summed E-state index contributed by atoms with van der Waals surface area (Å²) in [5.41, 5.74) is 2.86. The summed E-state index contributed by atoms with van der Waals surface area (Å²) in [6.45, 7) is 2.93. The number of benzene rings is 2. The molecular formula is C22H14BrN3O5. The summed E-state index contributed by atoms with van der Waals surface area (Å²) >= 11 is 3.49. The van der Waals surface area contributed by atoms with Crippen LogP contribution in [0.1, 0.15) is 29.8 Å². The molecule has 0 unspecified atom stereocenters. The first-order chi connectivity index (χ1) is 14.8. The third-order valence-electron chi connectivity index (χ3n) is 5.01. The molecule has 1 aliphatic carbocycles. The molecule has 0 bridgehead atoms. The number of rotatable bonds is 2. The summed E-state index contributed by atoms with van der Waals surface area (Å²) in [4.78, 5) is 46.6. The van der Waals surface area contributed by atoms with Crippen LogP contribution in [-0.2, 0) is 19.1 Å². The number of aromatic nitrogens is 2. The molecule has 0 saturated carbocycles. The number of nitrogens with one attached hydrogen (secondary N) is 1. The lowest BCUT2D eigenvalue weighted by molar-refractivity contribution is -0.222. The quantitative estimate of drug-likeness (QED) is 0.263. The number of cyclic esters (lactones) is 2. The Morgan fingerprint density at radius 1 is 1.03 bits per heavy atom. The SMILES string of the molecule is CC1(C)OC(=O)C(=CNc2cc(Br)c3ncnc4c3c2C(=O)c2ccccc2-4)C(=O)O1. The van der Waals surface area contributed by atoms with Crippen LogP contribution < -0.4 is 5.32 Å². The van der Waals surface area contributed by atoms with Crippen molar-refractivity contribution in [2.45, 2.75) is 19.6 Å². The molecule has 1 N–H and O–H groups in total. The summed E-state index contributed by atoms with van der Waals surface area (Å²) in [5, 5.41) is 3.49. The number of carbonyl (C=O) groups is 3. The van der Waals surface area contributed by atoms with E-state index in [-0.39, 0.29) is 11.4 Å². The minimum absolute atomic E-state index is 0.216. The van der Waals surface area contributed by atoms with E-state index < -0.39 is 17.7 Å². The lowest BCUT2D eigenvalue weighted by Crippen LogP contribution is -2.42. The number of nitrogens with zero attached hydrogens (tertiary/aromatic N) is 2. The van der Waals surface area contributed by atoms with Gasteiger partial charge in [0.05, 0.1) is 22.5 Å². The second-order valence-corrected chi connectivity index (χ2v) is 8.34. The standard InChI is InChI=1S/C22H14BrN3O5/c1-22(2)30-20(28)12(21(29)31-22)8-24-14-7-13(23)18-16-15(14)19(27)11-6-4-3-5-10(11)17(16)25-9-26-18/h3-9,24H,1-2H3. The maximum absolute atomic E-state index is 13.4. The van der Waals surface area contributed by atoms with E-state index in [0.29, 0.717) is 37.9 Å². The lowest BCUT2D eigenvalue weighted by Gasteiger charge is -2.29. The molecule has 5 rings (SSSR count). The molecule has 1 saturated heterocycles. The van der Waals surface area contributed by atoms with Gasteiger partial charge in [-0.05, 0) is 22.0 Å². The molecule has 1 aliphatic heterocycles. The molecule has 2 heterocycles. The minimum atomic E-state index is -1.34. The van der Waals surface area contributed by atoms with Crippen molar-refractivity contribution in [3.05, 3.63) is 64.0 Å². The average Bonchev–Trinajstić information content (AvgIpc) is 2.71. The van der Waals surface area contributed by atoms with Crippen molar-refractivity contribution in [2.75, 3.05) is 5.32 Å². The maximum Gasteiger partial charge on any atom is 0.350 e. The summed E-state index contributed by atoms with van der Waals surface area (Å²) in [6, 6.07) is 8.86. The molecule has 9 heteroatoms. The molecule has 0 atom stereocenters. The topological polar surface area (TPSA) is 107 Å². The van der Waals surface area contributed by atoms with Crippen molar-refractivity contribution in [1.82, 2.24) is 9.97 Å². The molecule has 1 aromatic heterocycles. The molecule has 3 aromatic rings. The van der Waals surface area contributed by atoms with Crippen molar-refractivity contribution in [1.29, 1.82) is 0 Å². The van der Waals surface area contributed by atoms with Crippen molar-refractivity contribution in [3.8, 4) is 11.3 Å². The van der Waals surface area contributed by atoms with Crippen molar-refractivity contribution in [2.24, 2.45) is 0 Å². The van der Waals surface area contributed by atoms with Crippen LogP contribution in [0.5, 0.6) is 0 Å². The van der Waals surface area contributed by atoms with E-state index in [1.807, 2.05) is 12.1 Å². The Morgan fingerprint density at radius 2 is 1.71 bits per heavy atom. The molecule has 0 spiro atoms. The van der Waals surface area contributed by atoms with Crippen LogP contribution in [-0.4, -0.2) is 33.5 Å². The number of halogens is 1. The molecule has 8 nitrogen and oxygen atoms in total. The zero-order valence-corrected chi connectivity index (χ0v) is 17.9. The van der Waals surface area contributed by atoms with E-state index in [1.54, 1.807) is 18.2 Å². The van der Waals surface area contributed by atoms with Gasteiger partial charge >= 0.3 is 11.9 Å². The lowest BCUT2D eigenvalue weighted by atomic mass is 9.86. The van der Waals surface area contributed by atoms with E-state index in [9.17, 15) is 14.4 Å². The molecule has 0 amide bonds. The monoisotopic (exact) mass is 479 g/mol. The minimum Gasteiger partial charge on any atom is -0.419 e. The first-order valence-corrected chi connectivity index (χ1v) is 10.1. The van der Waals surface area contributed by atoms with Gasteiger partial charge in [-0.2, -0.15) is 0 Å². The average molecular weight is 480 g/mol. The van der Waals surface area contributed by atoms with Crippen molar-refractivity contribution < 1.29 is 23.9 Å². The predicted octanol–water partition coefficient (Wildman–Crippen LogP) is 3.74. The van der Waals surface area contributed by atoms with Crippen LogP contribution in [0.4, 0.5) is 5.69 Å². The number of ketones is 1. The van der Waals surface area contributed by atoms with Gasteiger partial charge in [-0.25, -0.2) is 19.6 Å². The molecule has 1 fully saturated rings. The van der Waals surface area contributed by atoms with E-state index in [4.69, 9.17) is 9.47 Å². The third-order valence-corrected chi connectivity index (χ3v) is 5.61. The number of carbonyl (C=O) groups excluding carboxylic acids is 3. The second-order valence-electron chi connectivity index (χ2n) is 7.48. The fraction of sp³-hybridized carbons (Fsp3) is 0.136. The number of esters is 2. The number of hydrogen-bond acceptors (Lipinski definition) is 8. The van der Waals surface area contributed by atoms with Gasteiger partial charge in [-0.15, -0.1) is 0 Å². The number of ether oxygens (including phenoxy) is 2. The van der Waals surface area contributed by atoms with Crippen LogP contribution in [0.3, 0.4) is 0 Å². The first kappa shape index (κ1) is 19.4. The van der Waals surface area contributed by atoms with Gasteiger partial charge in [0.2, 0.25) is 0 Å². The maximum atomic E-state index is 13.4. The highest BCUT2D eigenvalue weighted by Crippen LogP contribution is 2.43. The van der Waals surface area contributed by atoms with Gasteiger partial charge in [0.15, 0.2) is 11.4 Å². The van der Waals surface area contributed by atoms with Crippen molar-refractivity contribution >= 4 is 50.2 Å². The molecular weight excluding hydrogens is 466 g/mol. The van der Waals surface area contributed by atoms with Crippen LogP contribution >= 0.6 is 15.9 Å². The second kappa shape index (κ2) is 6.71. The molecule has 2 aromatic carbocycles. The highest BCUT2D eigenvalue weighted by atomic mass is 79.9. The zero-order valence-electron chi connectivity index (χ0n) is 16.4. The largest absolute Gasteiger partial charge is 0.419 e. The Labute approximate surface area is 184 Å². The number of anilines is 1. The summed E-state index contributed by atoms with van der Waals surface area (Å²) in [6.07, 6.45) is 2.63. The number of hydrogen-bond donors (Lipinski definition) is 1. The zero-order chi connectivity index (χ0) is 21.9. The van der Waals surface area contributed by atoms with Crippen LogP contribution in [0.2, 0.25) is 0 Å². The summed E-state index contributed by atoms with van der Waals surface area (Å²) in [7, 11) is 0. The Hall–Kier alpha value is -3.59.